The van der Waals surface area contributed by atoms with Crippen LogP contribution in [0.4, 0.5) is 5.69 Å². The molecule has 0 saturated carbocycles. The number of thiocarbonyl (C=S) groups is 1. The van der Waals surface area contributed by atoms with Crippen molar-refractivity contribution in [2.75, 3.05) is 11.9 Å². The first-order valence-electron chi connectivity index (χ1n) is 6.79. The third kappa shape index (κ3) is 3.58. The molecular formula is C17H20N2S. The summed E-state index contributed by atoms with van der Waals surface area (Å²) in [5.74, 6) is 0. The Balaban J connectivity index is 2.06. The fraction of sp³-hybridized carbons (Fsp3) is 0.235. The van der Waals surface area contributed by atoms with Gasteiger partial charge in [0.25, 0.3) is 0 Å². The SMILES string of the molecule is CCc1ccc(N(C)Cc2ccc(C(N)=S)cc2)cc1. The molecule has 0 unspecified atom stereocenters. The average molecular weight is 284 g/mol. The van der Waals surface area contributed by atoms with Gasteiger partial charge in [-0.3, -0.25) is 0 Å². The number of aryl methyl sites for hydroxylation is 1. The van der Waals surface area contributed by atoms with Crippen molar-refractivity contribution in [3.05, 3.63) is 65.2 Å². The molecule has 0 aliphatic rings. The summed E-state index contributed by atoms with van der Waals surface area (Å²) in [6, 6.07) is 16.8. The zero-order chi connectivity index (χ0) is 14.5. The molecule has 0 saturated heterocycles. The van der Waals surface area contributed by atoms with E-state index in [9.17, 15) is 0 Å². The Kier molecular flexibility index (Phi) is 4.74. The fourth-order valence-electron chi connectivity index (χ4n) is 2.13. The highest BCUT2D eigenvalue weighted by molar-refractivity contribution is 7.80. The largest absolute Gasteiger partial charge is 0.389 e. The zero-order valence-electron chi connectivity index (χ0n) is 12.0. The molecule has 104 valence electrons. The maximum Gasteiger partial charge on any atom is 0.103 e. The van der Waals surface area contributed by atoms with E-state index >= 15 is 0 Å². The second-order valence-electron chi connectivity index (χ2n) is 4.94. The van der Waals surface area contributed by atoms with Gasteiger partial charge in [-0.2, -0.15) is 0 Å². The van der Waals surface area contributed by atoms with E-state index in [-0.39, 0.29) is 0 Å². The highest BCUT2D eigenvalue weighted by Gasteiger charge is 2.03. The summed E-state index contributed by atoms with van der Waals surface area (Å²) >= 11 is 4.96. The number of nitrogens with two attached hydrogens (primary N) is 1. The molecule has 2 N–H and O–H groups in total. The first-order valence-corrected chi connectivity index (χ1v) is 7.20. The van der Waals surface area contributed by atoms with E-state index < -0.39 is 0 Å². The van der Waals surface area contributed by atoms with E-state index in [1.54, 1.807) is 0 Å². The normalized spacial score (nSPS) is 10.3. The van der Waals surface area contributed by atoms with Crippen LogP contribution in [0.3, 0.4) is 0 Å². The predicted molar refractivity (Wildman–Crippen MR) is 90.3 cm³/mol. The smallest absolute Gasteiger partial charge is 0.103 e. The third-order valence-electron chi connectivity index (χ3n) is 3.44. The molecular weight excluding hydrogens is 264 g/mol. The van der Waals surface area contributed by atoms with Gasteiger partial charge < -0.3 is 10.6 Å². The zero-order valence-corrected chi connectivity index (χ0v) is 12.8. The van der Waals surface area contributed by atoms with Crippen molar-refractivity contribution in [2.24, 2.45) is 5.73 Å². The summed E-state index contributed by atoms with van der Waals surface area (Å²) in [5, 5.41) is 0. The van der Waals surface area contributed by atoms with Crippen LogP contribution in [0.1, 0.15) is 23.6 Å². The maximum atomic E-state index is 5.60. The van der Waals surface area contributed by atoms with Gasteiger partial charge in [-0.1, -0.05) is 55.5 Å². The van der Waals surface area contributed by atoms with E-state index in [0.29, 0.717) is 4.99 Å². The van der Waals surface area contributed by atoms with E-state index in [4.69, 9.17) is 18.0 Å². The standard InChI is InChI=1S/C17H20N2S/c1-3-13-6-10-16(11-7-13)19(2)12-14-4-8-15(9-5-14)17(18)20/h4-11H,3,12H2,1-2H3,(H2,18,20). The lowest BCUT2D eigenvalue weighted by atomic mass is 10.1. The lowest BCUT2D eigenvalue weighted by Gasteiger charge is -2.20. The Morgan fingerprint density at radius 2 is 1.55 bits per heavy atom. The second kappa shape index (κ2) is 6.53. The molecule has 2 aromatic carbocycles. The first kappa shape index (κ1) is 14.5. The van der Waals surface area contributed by atoms with Crippen LogP contribution >= 0.6 is 12.2 Å². The van der Waals surface area contributed by atoms with Gasteiger partial charge in [0.2, 0.25) is 0 Å². The van der Waals surface area contributed by atoms with Gasteiger partial charge in [0.15, 0.2) is 0 Å². The molecule has 0 spiro atoms. The highest BCUT2D eigenvalue weighted by Crippen LogP contribution is 2.17. The topological polar surface area (TPSA) is 29.3 Å². The molecule has 0 aromatic heterocycles. The number of anilines is 1. The van der Waals surface area contributed by atoms with Crippen LogP contribution in [0.2, 0.25) is 0 Å². The Morgan fingerprint density at radius 1 is 1.00 bits per heavy atom. The predicted octanol–water partition coefficient (Wildman–Crippen LogP) is 3.52. The summed E-state index contributed by atoms with van der Waals surface area (Å²) in [4.78, 5) is 2.68. The number of nitrogens with zero attached hydrogens (tertiary/aromatic N) is 1. The van der Waals surface area contributed by atoms with E-state index in [1.807, 2.05) is 12.1 Å². The minimum atomic E-state index is 0.444. The molecule has 0 atom stereocenters. The van der Waals surface area contributed by atoms with Crippen LogP contribution in [0.15, 0.2) is 48.5 Å². The summed E-state index contributed by atoms with van der Waals surface area (Å²) in [5.41, 5.74) is 10.3. The van der Waals surface area contributed by atoms with Gasteiger partial charge in [0.1, 0.15) is 4.99 Å². The molecule has 0 aliphatic heterocycles. The number of hydrogen-bond donors (Lipinski definition) is 1. The number of benzene rings is 2. The van der Waals surface area contributed by atoms with Crippen LogP contribution in [-0.2, 0) is 13.0 Å². The van der Waals surface area contributed by atoms with Crippen molar-refractivity contribution in [3.8, 4) is 0 Å². The average Bonchev–Trinajstić information content (AvgIpc) is 2.48. The molecule has 0 fully saturated rings. The third-order valence-corrected chi connectivity index (χ3v) is 3.68. The lowest BCUT2D eigenvalue weighted by molar-refractivity contribution is 0.922. The van der Waals surface area contributed by atoms with E-state index in [2.05, 4.69) is 55.3 Å². The molecule has 0 bridgehead atoms. The highest BCUT2D eigenvalue weighted by atomic mass is 32.1. The van der Waals surface area contributed by atoms with Gasteiger partial charge in [-0.25, -0.2) is 0 Å². The monoisotopic (exact) mass is 284 g/mol. The molecule has 0 aliphatic carbocycles. The molecule has 2 rings (SSSR count). The van der Waals surface area contributed by atoms with E-state index in [1.165, 1.54) is 16.8 Å². The first-order chi connectivity index (χ1) is 9.60. The lowest BCUT2D eigenvalue weighted by Crippen LogP contribution is -2.16. The van der Waals surface area contributed by atoms with Crippen molar-refractivity contribution in [2.45, 2.75) is 19.9 Å². The fourth-order valence-corrected chi connectivity index (χ4v) is 2.26. The molecule has 2 nitrogen and oxygen atoms in total. The van der Waals surface area contributed by atoms with Crippen LogP contribution in [0, 0.1) is 0 Å². The van der Waals surface area contributed by atoms with Gasteiger partial charge in [-0.05, 0) is 29.7 Å². The summed E-state index contributed by atoms with van der Waals surface area (Å²) in [6.45, 7) is 3.03. The number of rotatable bonds is 5. The van der Waals surface area contributed by atoms with E-state index in [0.717, 1.165) is 18.5 Å². The summed E-state index contributed by atoms with van der Waals surface area (Å²) in [7, 11) is 2.10. The quantitative estimate of drug-likeness (QED) is 0.852. The minimum absolute atomic E-state index is 0.444. The molecule has 0 radical (unpaired) electrons. The Hall–Kier alpha value is -1.87. The van der Waals surface area contributed by atoms with Crippen molar-refractivity contribution in [1.29, 1.82) is 0 Å². The number of hydrogen-bond acceptors (Lipinski definition) is 2. The molecule has 0 heterocycles. The Labute approximate surface area is 126 Å². The molecule has 0 amide bonds. The van der Waals surface area contributed by atoms with Gasteiger partial charge in [-0.15, -0.1) is 0 Å². The summed E-state index contributed by atoms with van der Waals surface area (Å²) < 4.78 is 0. The molecule has 2 aromatic rings. The van der Waals surface area contributed by atoms with Crippen molar-refractivity contribution in [1.82, 2.24) is 0 Å². The Morgan fingerprint density at radius 3 is 2.05 bits per heavy atom. The Bertz CT molecular complexity index is 573. The summed E-state index contributed by atoms with van der Waals surface area (Å²) in [6.07, 6.45) is 1.07. The van der Waals surface area contributed by atoms with Gasteiger partial charge in [0, 0.05) is 24.8 Å². The second-order valence-corrected chi connectivity index (χ2v) is 5.38. The van der Waals surface area contributed by atoms with Crippen LogP contribution in [0.5, 0.6) is 0 Å². The van der Waals surface area contributed by atoms with Gasteiger partial charge in [0.05, 0.1) is 0 Å². The minimum Gasteiger partial charge on any atom is -0.389 e. The van der Waals surface area contributed by atoms with Crippen molar-refractivity contribution >= 4 is 22.9 Å². The molecule has 3 heteroatoms. The van der Waals surface area contributed by atoms with Crippen LogP contribution in [-0.4, -0.2) is 12.0 Å². The van der Waals surface area contributed by atoms with Crippen LogP contribution < -0.4 is 10.6 Å². The molecule has 20 heavy (non-hydrogen) atoms. The maximum absolute atomic E-state index is 5.60. The van der Waals surface area contributed by atoms with Crippen molar-refractivity contribution in [3.63, 3.8) is 0 Å². The van der Waals surface area contributed by atoms with Gasteiger partial charge >= 0.3 is 0 Å². The van der Waals surface area contributed by atoms with Crippen LogP contribution in [0.25, 0.3) is 0 Å². The van der Waals surface area contributed by atoms with Crippen molar-refractivity contribution < 1.29 is 0 Å².